The number of hydrogen-bond donors (Lipinski definition) is 0. The molecule has 0 spiro atoms. The molecule has 72 heavy (non-hydrogen) atoms. The van der Waals surface area contributed by atoms with Gasteiger partial charge in [0, 0.05) is 19.3 Å². The Morgan fingerprint density at radius 3 is 0.778 bits per heavy atom. The fraction of sp³-hybridized carbons (Fsp3) is 0.864. The molecule has 0 radical (unpaired) electrons. The van der Waals surface area contributed by atoms with Gasteiger partial charge in [-0.05, 0) is 77.0 Å². The van der Waals surface area contributed by atoms with Crippen molar-refractivity contribution in [3.05, 3.63) is 36.5 Å². The van der Waals surface area contributed by atoms with Gasteiger partial charge in [0.15, 0.2) is 6.10 Å². The smallest absolute Gasteiger partial charge is 0.306 e. The van der Waals surface area contributed by atoms with Crippen LogP contribution in [0, 0.1) is 0 Å². The van der Waals surface area contributed by atoms with Crippen molar-refractivity contribution in [2.75, 3.05) is 13.2 Å². The van der Waals surface area contributed by atoms with Gasteiger partial charge in [0.25, 0.3) is 0 Å². The molecule has 6 heteroatoms. The summed E-state index contributed by atoms with van der Waals surface area (Å²) in [6.45, 7) is 6.63. The van der Waals surface area contributed by atoms with Gasteiger partial charge in [0.1, 0.15) is 13.2 Å². The molecule has 0 aromatic heterocycles. The lowest BCUT2D eigenvalue weighted by atomic mass is 10.0. The molecule has 0 aliphatic carbocycles. The van der Waals surface area contributed by atoms with E-state index in [1.54, 1.807) is 0 Å². The number of allylic oxidation sites excluding steroid dienone is 6. The molecule has 0 aromatic rings. The maximum Gasteiger partial charge on any atom is 0.306 e. The number of carbonyl (C=O) groups excluding carboxylic acids is 3. The average molecular weight is 1010 g/mol. The van der Waals surface area contributed by atoms with Crippen LogP contribution < -0.4 is 0 Å². The lowest BCUT2D eigenvalue weighted by molar-refractivity contribution is -0.167. The van der Waals surface area contributed by atoms with Crippen LogP contribution in [-0.4, -0.2) is 37.2 Å². The van der Waals surface area contributed by atoms with Crippen molar-refractivity contribution >= 4 is 17.9 Å². The molecule has 0 amide bonds. The average Bonchev–Trinajstić information content (AvgIpc) is 3.38. The number of esters is 3. The molecule has 0 aliphatic heterocycles. The molecule has 422 valence electrons. The second kappa shape index (κ2) is 61.2. The Morgan fingerprint density at radius 1 is 0.278 bits per heavy atom. The standard InChI is InChI=1S/C66H122O6/c1-4-7-10-13-16-19-21-23-25-26-27-28-29-30-31-32-33-34-35-36-37-38-39-40-42-43-45-47-50-53-56-59-65(68)71-62-63(61-70-64(67)58-55-52-49-18-15-12-9-6-3)72-66(69)60-57-54-51-48-46-44-41-24-22-20-17-14-11-8-5-2/h21,23-24,26-27,41,63H,4-20,22,25,28-40,42-62H2,1-3H3/b23-21-,27-26-,41-24-. The maximum atomic E-state index is 12.8. The number of ether oxygens (including phenoxy) is 3. The highest BCUT2D eigenvalue weighted by Gasteiger charge is 2.19. The summed E-state index contributed by atoms with van der Waals surface area (Å²) < 4.78 is 16.8. The molecule has 0 N–H and O–H groups in total. The Morgan fingerprint density at radius 2 is 0.500 bits per heavy atom. The second-order valence-corrected chi connectivity index (χ2v) is 21.7. The number of carbonyl (C=O) groups is 3. The quantitative estimate of drug-likeness (QED) is 0.0261. The number of unbranched alkanes of at least 4 members (excludes halogenated alkanes) is 42. The van der Waals surface area contributed by atoms with Gasteiger partial charge in [-0.1, -0.05) is 288 Å². The summed E-state index contributed by atoms with van der Waals surface area (Å²) in [5.41, 5.74) is 0. The largest absolute Gasteiger partial charge is 0.462 e. The summed E-state index contributed by atoms with van der Waals surface area (Å²) in [6.07, 6.45) is 74.7. The van der Waals surface area contributed by atoms with Crippen LogP contribution in [0.25, 0.3) is 0 Å². The molecule has 0 fully saturated rings. The summed E-state index contributed by atoms with van der Waals surface area (Å²) in [5.74, 6) is -0.864. The summed E-state index contributed by atoms with van der Waals surface area (Å²) in [7, 11) is 0. The molecule has 0 saturated carbocycles. The third kappa shape index (κ3) is 58.5. The molecule has 6 nitrogen and oxygen atoms in total. The van der Waals surface area contributed by atoms with Crippen molar-refractivity contribution in [1.82, 2.24) is 0 Å². The minimum Gasteiger partial charge on any atom is -0.462 e. The highest BCUT2D eigenvalue weighted by molar-refractivity contribution is 5.71. The maximum absolute atomic E-state index is 12.8. The van der Waals surface area contributed by atoms with E-state index in [2.05, 4.69) is 57.2 Å². The minimum atomic E-state index is -0.771. The fourth-order valence-corrected chi connectivity index (χ4v) is 9.53. The Kier molecular flexibility index (Phi) is 59.2. The fourth-order valence-electron chi connectivity index (χ4n) is 9.53. The minimum absolute atomic E-state index is 0.0706. The van der Waals surface area contributed by atoms with E-state index in [0.29, 0.717) is 19.3 Å². The van der Waals surface area contributed by atoms with E-state index in [1.165, 1.54) is 238 Å². The van der Waals surface area contributed by atoms with E-state index in [0.717, 1.165) is 70.6 Å². The van der Waals surface area contributed by atoms with Gasteiger partial charge < -0.3 is 14.2 Å². The molecule has 0 rings (SSSR count). The molecule has 0 bridgehead atoms. The molecule has 0 saturated heterocycles. The second-order valence-electron chi connectivity index (χ2n) is 21.7. The lowest BCUT2D eigenvalue weighted by Crippen LogP contribution is -2.30. The molecule has 1 unspecified atom stereocenters. The van der Waals surface area contributed by atoms with E-state index >= 15 is 0 Å². The van der Waals surface area contributed by atoms with Crippen LogP contribution in [0.4, 0.5) is 0 Å². The van der Waals surface area contributed by atoms with E-state index < -0.39 is 6.10 Å². The van der Waals surface area contributed by atoms with Crippen LogP contribution in [-0.2, 0) is 28.6 Å². The first kappa shape index (κ1) is 69.6. The zero-order chi connectivity index (χ0) is 52.2. The molecule has 0 aliphatic rings. The summed E-state index contributed by atoms with van der Waals surface area (Å²) in [4.78, 5) is 38.0. The van der Waals surface area contributed by atoms with Crippen LogP contribution in [0.2, 0.25) is 0 Å². The van der Waals surface area contributed by atoms with Crippen molar-refractivity contribution in [3.8, 4) is 0 Å². The SMILES string of the molecule is CCCCCCC/C=C\C/C=C\CCCCCCCCCCCCCCCCCCCCCC(=O)OCC(COC(=O)CCCCCCCCCC)OC(=O)CCCCCCC/C=C\CCCCCCCC. The zero-order valence-electron chi connectivity index (χ0n) is 48.5. The first-order valence-electron chi connectivity index (χ1n) is 32.0. The number of hydrogen-bond acceptors (Lipinski definition) is 6. The van der Waals surface area contributed by atoms with Crippen molar-refractivity contribution in [2.24, 2.45) is 0 Å². The predicted octanol–water partition coefficient (Wildman–Crippen LogP) is 21.6. The topological polar surface area (TPSA) is 78.9 Å². The molecular weight excluding hydrogens is 889 g/mol. The Bertz CT molecular complexity index is 1210. The van der Waals surface area contributed by atoms with Gasteiger partial charge in [-0.25, -0.2) is 0 Å². The van der Waals surface area contributed by atoms with Gasteiger partial charge in [0.2, 0.25) is 0 Å². The van der Waals surface area contributed by atoms with Crippen molar-refractivity contribution in [3.63, 3.8) is 0 Å². The van der Waals surface area contributed by atoms with Gasteiger partial charge in [0.05, 0.1) is 0 Å². The lowest BCUT2D eigenvalue weighted by Gasteiger charge is -2.18. The summed E-state index contributed by atoms with van der Waals surface area (Å²) in [6, 6.07) is 0. The zero-order valence-corrected chi connectivity index (χ0v) is 48.5. The Hall–Kier alpha value is -2.37. The van der Waals surface area contributed by atoms with Gasteiger partial charge in [-0.3, -0.25) is 14.4 Å². The van der Waals surface area contributed by atoms with Crippen LogP contribution in [0.5, 0.6) is 0 Å². The molecule has 0 aromatic carbocycles. The Labute approximate surface area is 448 Å². The van der Waals surface area contributed by atoms with E-state index in [1.807, 2.05) is 0 Å². The highest BCUT2D eigenvalue weighted by atomic mass is 16.6. The highest BCUT2D eigenvalue weighted by Crippen LogP contribution is 2.17. The Balaban J connectivity index is 4.02. The van der Waals surface area contributed by atoms with Crippen molar-refractivity contribution in [2.45, 2.75) is 354 Å². The van der Waals surface area contributed by atoms with E-state index in [9.17, 15) is 14.4 Å². The van der Waals surface area contributed by atoms with Crippen LogP contribution in [0.15, 0.2) is 36.5 Å². The monoisotopic (exact) mass is 1010 g/mol. The first-order valence-corrected chi connectivity index (χ1v) is 32.0. The normalized spacial score (nSPS) is 12.2. The predicted molar refractivity (Wildman–Crippen MR) is 312 cm³/mol. The number of rotatable bonds is 59. The summed E-state index contributed by atoms with van der Waals surface area (Å²) >= 11 is 0. The molecular formula is C66H122O6. The van der Waals surface area contributed by atoms with E-state index in [4.69, 9.17) is 14.2 Å². The third-order valence-electron chi connectivity index (χ3n) is 14.4. The van der Waals surface area contributed by atoms with Gasteiger partial charge in [-0.15, -0.1) is 0 Å². The first-order chi connectivity index (χ1) is 35.5. The third-order valence-corrected chi connectivity index (χ3v) is 14.4. The summed E-state index contributed by atoms with van der Waals surface area (Å²) in [5, 5.41) is 0. The van der Waals surface area contributed by atoms with Gasteiger partial charge in [-0.2, -0.15) is 0 Å². The van der Waals surface area contributed by atoms with Crippen LogP contribution in [0.3, 0.4) is 0 Å². The molecule has 1 atom stereocenters. The van der Waals surface area contributed by atoms with E-state index in [-0.39, 0.29) is 31.1 Å². The molecule has 0 heterocycles. The van der Waals surface area contributed by atoms with Gasteiger partial charge >= 0.3 is 17.9 Å². The van der Waals surface area contributed by atoms with Crippen molar-refractivity contribution in [1.29, 1.82) is 0 Å². The van der Waals surface area contributed by atoms with Crippen LogP contribution >= 0.6 is 0 Å². The van der Waals surface area contributed by atoms with Crippen molar-refractivity contribution < 1.29 is 28.6 Å². The van der Waals surface area contributed by atoms with Crippen LogP contribution in [0.1, 0.15) is 348 Å².